The highest BCUT2D eigenvalue weighted by Gasteiger charge is 2.25. The van der Waals surface area contributed by atoms with Gasteiger partial charge in [0.15, 0.2) is 0 Å². The fourth-order valence-corrected chi connectivity index (χ4v) is 1.93. The lowest BCUT2D eigenvalue weighted by molar-refractivity contribution is 0.156. The van der Waals surface area contributed by atoms with Crippen molar-refractivity contribution in [3.8, 4) is 0 Å². The van der Waals surface area contributed by atoms with E-state index in [0.717, 1.165) is 19.4 Å². The fraction of sp³-hybridized carbons (Fsp3) is 0.667. The van der Waals surface area contributed by atoms with Crippen molar-refractivity contribution in [2.45, 2.75) is 19.8 Å². The van der Waals surface area contributed by atoms with Crippen LogP contribution < -0.4 is 0 Å². The van der Waals surface area contributed by atoms with E-state index in [1.54, 1.807) is 7.11 Å². The van der Waals surface area contributed by atoms with E-state index in [9.17, 15) is 0 Å². The molecule has 0 saturated heterocycles. The molecule has 0 spiro atoms. The van der Waals surface area contributed by atoms with Gasteiger partial charge < -0.3 is 4.74 Å². The number of ether oxygens (including phenoxy) is 1. The molecule has 1 atom stereocenters. The first-order valence-electron chi connectivity index (χ1n) is 4.33. The van der Waals surface area contributed by atoms with Crippen LogP contribution in [0.2, 0.25) is 0 Å². The first kappa shape index (κ1) is 7.80. The first-order chi connectivity index (χ1) is 5.81. The molecule has 3 nitrogen and oxygen atoms in total. The highest BCUT2D eigenvalue weighted by molar-refractivity contribution is 5.29. The molecule has 1 N–H and O–H groups in total. The molecular weight excluding hydrogens is 152 g/mol. The Balaban J connectivity index is 2.12. The molecule has 1 heterocycles. The van der Waals surface area contributed by atoms with Crippen molar-refractivity contribution in [1.29, 1.82) is 0 Å². The minimum atomic E-state index is 0.654. The van der Waals surface area contributed by atoms with E-state index in [1.165, 1.54) is 17.0 Å². The maximum Gasteiger partial charge on any atom is 0.0660 e. The van der Waals surface area contributed by atoms with Crippen LogP contribution in [0.4, 0.5) is 0 Å². The van der Waals surface area contributed by atoms with Crippen LogP contribution in [-0.2, 0) is 17.6 Å². The van der Waals surface area contributed by atoms with Gasteiger partial charge in [-0.3, -0.25) is 5.10 Å². The Hall–Kier alpha value is -0.830. The van der Waals surface area contributed by atoms with Crippen LogP contribution in [0.1, 0.15) is 17.0 Å². The predicted molar refractivity (Wildman–Crippen MR) is 46.1 cm³/mol. The number of nitrogens with zero attached hydrogens (tertiary/aromatic N) is 1. The fourth-order valence-electron chi connectivity index (χ4n) is 1.93. The second-order valence-electron chi connectivity index (χ2n) is 3.50. The third-order valence-electron chi connectivity index (χ3n) is 2.54. The average molecular weight is 166 g/mol. The Morgan fingerprint density at radius 2 is 2.42 bits per heavy atom. The van der Waals surface area contributed by atoms with Crippen molar-refractivity contribution >= 4 is 0 Å². The number of H-pyrrole nitrogens is 1. The third-order valence-corrected chi connectivity index (χ3v) is 2.54. The molecule has 0 radical (unpaired) electrons. The van der Waals surface area contributed by atoms with Gasteiger partial charge in [0.1, 0.15) is 0 Å². The SMILES string of the molecule is COCC1Cc2n[nH]c(C)c2C1. The lowest BCUT2D eigenvalue weighted by atomic mass is 10.1. The predicted octanol–water partition coefficient (Wildman–Crippen LogP) is 1.08. The summed E-state index contributed by atoms with van der Waals surface area (Å²) >= 11 is 0. The van der Waals surface area contributed by atoms with Gasteiger partial charge in [-0.2, -0.15) is 5.10 Å². The van der Waals surface area contributed by atoms with Gasteiger partial charge in [-0.15, -0.1) is 0 Å². The Morgan fingerprint density at radius 1 is 1.58 bits per heavy atom. The normalized spacial score (nSPS) is 21.3. The van der Waals surface area contributed by atoms with Crippen LogP contribution in [0, 0.1) is 12.8 Å². The van der Waals surface area contributed by atoms with E-state index in [1.807, 2.05) is 0 Å². The van der Waals surface area contributed by atoms with Gasteiger partial charge in [0.25, 0.3) is 0 Å². The van der Waals surface area contributed by atoms with Crippen molar-refractivity contribution in [1.82, 2.24) is 10.2 Å². The number of hydrogen-bond acceptors (Lipinski definition) is 2. The van der Waals surface area contributed by atoms with E-state index < -0.39 is 0 Å². The Morgan fingerprint density at radius 3 is 3.08 bits per heavy atom. The molecule has 1 unspecified atom stereocenters. The van der Waals surface area contributed by atoms with Gasteiger partial charge in [0, 0.05) is 19.4 Å². The molecule has 0 bridgehead atoms. The molecule has 0 amide bonds. The molecule has 0 saturated carbocycles. The molecule has 1 aromatic heterocycles. The van der Waals surface area contributed by atoms with Crippen LogP contribution in [0.25, 0.3) is 0 Å². The number of rotatable bonds is 2. The standard InChI is InChI=1S/C9H14N2O/c1-6-8-3-7(5-12-2)4-9(8)11-10-6/h7H,3-5H2,1-2H3,(H,10,11). The summed E-state index contributed by atoms with van der Waals surface area (Å²) in [4.78, 5) is 0. The Labute approximate surface area is 72.1 Å². The summed E-state index contributed by atoms with van der Waals surface area (Å²) in [5.74, 6) is 0.654. The van der Waals surface area contributed by atoms with Crippen LogP contribution in [-0.4, -0.2) is 23.9 Å². The van der Waals surface area contributed by atoms with E-state index >= 15 is 0 Å². The van der Waals surface area contributed by atoms with Crippen molar-refractivity contribution in [3.63, 3.8) is 0 Å². The van der Waals surface area contributed by atoms with E-state index in [4.69, 9.17) is 4.74 Å². The zero-order chi connectivity index (χ0) is 8.55. The maximum atomic E-state index is 5.13. The molecule has 66 valence electrons. The zero-order valence-corrected chi connectivity index (χ0v) is 7.55. The Kier molecular flexibility index (Phi) is 1.89. The maximum absolute atomic E-state index is 5.13. The second kappa shape index (κ2) is 2.90. The van der Waals surface area contributed by atoms with E-state index in [-0.39, 0.29) is 0 Å². The highest BCUT2D eigenvalue weighted by atomic mass is 16.5. The van der Waals surface area contributed by atoms with Gasteiger partial charge in [0.2, 0.25) is 0 Å². The summed E-state index contributed by atoms with van der Waals surface area (Å²) < 4.78 is 5.13. The molecule has 3 heteroatoms. The third kappa shape index (κ3) is 1.14. The minimum Gasteiger partial charge on any atom is -0.384 e. The van der Waals surface area contributed by atoms with Gasteiger partial charge in [-0.1, -0.05) is 0 Å². The number of nitrogens with one attached hydrogen (secondary N) is 1. The molecule has 2 rings (SSSR count). The largest absolute Gasteiger partial charge is 0.384 e. The van der Waals surface area contributed by atoms with Crippen molar-refractivity contribution in [2.24, 2.45) is 5.92 Å². The lowest BCUT2D eigenvalue weighted by Crippen LogP contribution is -2.08. The molecule has 12 heavy (non-hydrogen) atoms. The van der Waals surface area contributed by atoms with Crippen molar-refractivity contribution in [2.75, 3.05) is 13.7 Å². The summed E-state index contributed by atoms with van der Waals surface area (Å²) in [7, 11) is 1.76. The molecule has 0 fully saturated rings. The van der Waals surface area contributed by atoms with Crippen LogP contribution in [0.5, 0.6) is 0 Å². The molecule has 0 aliphatic heterocycles. The second-order valence-corrected chi connectivity index (χ2v) is 3.50. The summed E-state index contributed by atoms with van der Waals surface area (Å²) in [6, 6.07) is 0. The summed E-state index contributed by atoms with van der Waals surface area (Å²) in [5, 5.41) is 7.26. The number of hydrogen-bond donors (Lipinski definition) is 1. The van der Waals surface area contributed by atoms with Gasteiger partial charge in [-0.05, 0) is 31.2 Å². The molecular formula is C9H14N2O. The van der Waals surface area contributed by atoms with E-state index in [2.05, 4.69) is 17.1 Å². The lowest BCUT2D eigenvalue weighted by Gasteiger charge is -2.05. The van der Waals surface area contributed by atoms with Crippen LogP contribution >= 0.6 is 0 Å². The van der Waals surface area contributed by atoms with Crippen LogP contribution in [0.15, 0.2) is 0 Å². The summed E-state index contributed by atoms with van der Waals surface area (Å²) in [6.07, 6.45) is 2.21. The number of aryl methyl sites for hydroxylation is 1. The number of methoxy groups -OCH3 is 1. The minimum absolute atomic E-state index is 0.654. The number of fused-ring (bicyclic) bond motifs is 1. The quantitative estimate of drug-likeness (QED) is 0.714. The zero-order valence-electron chi connectivity index (χ0n) is 7.55. The molecule has 1 aliphatic carbocycles. The van der Waals surface area contributed by atoms with Crippen molar-refractivity contribution in [3.05, 3.63) is 17.0 Å². The van der Waals surface area contributed by atoms with E-state index in [0.29, 0.717) is 5.92 Å². The van der Waals surface area contributed by atoms with Gasteiger partial charge in [-0.25, -0.2) is 0 Å². The summed E-state index contributed by atoms with van der Waals surface area (Å²) in [5.41, 5.74) is 3.88. The molecule has 1 aromatic rings. The monoisotopic (exact) mass is 166 g/mol. The first-order valence-corrected chi connectivity index (χ1v) is 4.33. The number of aromatic amines is 1. The molecule has 1 aliphatic rings. The van der Waals surface area contributed by atoms with Gasteiger partial charge in [0.05, 0.1) is 5.69 Å². The topological polar surface area (TPSA) is 37.9 Å². The van der Waals surface area contributed by atoms with Crippen molar-refractivity contribution < 1.29 is 4.74 Å². The number of aromatic nitrogens is 2. The average Bonchev–Trinajstić information content (AvgIpc) is 2.55. The van der Waals surface area contributed by atoms with Crippen LogP contribution in [0.3, 0.4) is 0 Å². The molecule has 0 aromatic carbocycles. The van der Waals surface area contributed by atoms with Gasteiger partial charge >= 0.3 is 0 Å². The highest BCUT2D eigenvalue weighted by Crippen LogP contribution is 2.26. The summed E-state index contributed by atoms with van der Waals surface area (Å²) in [6.45, 7) is 2.94. The smallest absolute Gasteiger partial charge is 0.0660 e. The Bertz CT molecular complexity index is 280.